The Labute approximate surface area is 172 Å². The molecular formula is C20H13F6N3O2. The van der Waals surface area contributed by atoms with Crippen molar-refractivity contribution in [1.82, 2.24) is 5.32 Å². The van der Waals surface area contributed by atoms with Gasteiger partial charge in [0, 0.05) is 5.56 Å². The summed E-state index contributed by atoms with van der Waals surface area (Å²) in [6.45, 7) is 0.435. The molecule has 0 saturated heterocycles. The topological polar surface area (TPSA) is 85.9 Å². The van der Waals surface area contributed by atoms with Gasteiger partial charge < -0.3 is 10.1 Å². The minimum atomic E-state index is -4.80. The summed E-state index contributed by atoms with van der Waals surface area (Å²) in [5, 5.41) is 20.5. The SMILES string of the molecule is C[C@@](C#N)(COc1cc(C#N)ccc1C(F)(F)F)NC(=O)c1ccc(C(F)(F)F)cc1. The van der Waals surface area contributed by atoms with E-state index in [1.165, 1.54) is 0 Å². The summed E-state index contributed by atoms with van der Waals surface area (Å²) in [5.41, 5.74) is -4.30. The van der Waals surface area contributed by atoms with Gasteiger partial charge in [0.15, 0.2) is 5.54 Å². The summed E-state index contributed by atoms with van der Waals surface area (Å²) < 4.78 is 82.4. The van der Waals surface area contributed by atoms with Crippen molar-refractivity contribution in [2.75, 3.05) is 6.61 Å². The van der Waals surface area contributed by atoms with Gasteiger partial charge in [0.2, 0.25) is 0 Å². The normalized spacial score (nSPS) is 13.5. The molecule has 11 heteroatoms. The second-order valence-electron chi connectivity index (χ2n) is 6.58. The van der Waals surface area contributed by atoms with Crippen molar-refractivity contribution in [2.24, 2.45) is 0 Å². The highest BCUT2D eigenvalue weighted by molar-refractivity contribution is 5.95. The van der Waals surface area contributed by atoms with E-state index in [0.717, 1.165) is 31.2 Å². The van der Waals surface area contributed by atoms with Gasteiger partial charge >= 0.3 is 12.4 Å². The molecule has 0 unspecified atom stereocenters. The molecule has 1 N–H and O–H groups in total. The van der Waals surface area contributed by atoms with Crippen LogP contribution in [0, 0.1) is 22.7 Å². The van der Waals surface area contributed by atoms with Crippen molar-refractivity contribution in [1.29, 1.82) is 10.5 Å². The van der Waals surface area contributed by atoms with E-state index in [4.69, 9.17) is 10.00 Å². The number of carbonyl (C=O) groups excluding carboxylic acids is 1. The van der Waals surface area contributed by atoms with E-state index in [2.05, 4.69) is 5.32 Å². The molecule has 1 amide bonds. The van der Waals surface area contributed by atoms with Crippen LogP contribution in [0.3, 0.4) is 0 Å². The van der Waals surface area contributed by atoms with E-state index in [0.29, 0.717) is 18.2 Å². The largest absolute Gasteiger partial charge is 0.489 e. The maximum absolute atomic E-state index is 13.2. The molecule has 0 aliphatic rings. The van der Waals surface area contributed by atoms with E-state index >= 15 is 0 Å². The van der Waals surface area contributed by atoms with Gasteiger partial charge in [-0.05, 0) is 49.4 Å². The van der Waals surface area contributed by atoms with Crippen LogP contribution in [0.5, 0.6) is 5.75 Å². The minimum Gasteiger partial charge on any atom is -0.489 e. The van der Waals surface area contributed by atoms with Crippen molar-refractivity contribution in [3.8, 4) is 17.9 Å². The Morgan fingerprint density at radius 3 is 2.10 bits per heavy atom. The van der Waals surface area contributed by atoms with Crippen LogP contribution >= 0.6 is 0 Å². The Kier molecular flexibility index (Phi) is 6.50. The Morgan fingerprint density at radius 2 is 1.61 bits per heavy atom. The molecule has 0 radical (unpaired) electrons. The fraction of sp³-hybridized carbons (Fsp3) is 0.250. The standard InChI is InChI=1S/C20H13F6N3O2/c1-18(10-28,29-17(30)13-3-5-14(6-4-13)19(21,22)23)11-31-16-8-12(9-27)2-7-15(16)20(24,25)26/h2-8H,11H2,1H3,(H,29,30)/t18-/m1/s1. The number of hydrogen-bond donors (Lipinski definition) is 1. The molecule has 0 bridgehead atoms. The van der Waals surface area contributed by atoms with Gasteiger partial charge in [-0.25, -0.2) is 0 Å². The van der Waals surface area contributed by atoms with Gasteiger partial charge in [0.25, 0.3) is 5.91 Å². The number of hydrogen-bond acceptors (Lipinski definition) is 4. The molecule has 0 aliphatic carbocycles. The van der Waals surface area contributed by atoms with Crippen LogP contribution in [0.2, 0.25) is 0 Å². The number of benzene rings is 2. The summed E-state index contributed by atoms with van der Waals surface area (Å²) in [5.74, 6) is -1.64. The third kappa shape index (κ3) is 5.89. The highest BCUT2D eigenvalue weighted by atomic mass is 19.4. The first-order valence-corrected chi connectivity index (χ1v) is 8.44. The lowest BCUT2D eigenvalue weighted by Crippen LogP contribution is -2.49. The molecule has 31 heavy (non-hydrogen) atoms. The Morgan fingerprint density at radius 1 is 1.00 bits per heavy atom. The zero-order valence-electron chi connectivity index (χ0n) is 15.7. The molecule has 162 valence electrons. The van der Waals surface area contributed by atoms with Gasteiger partial charge in [-0.2, -0.15) is 36.9 Å². The smallest absolute Gasteiger partial charge is 0.419 e. The van der Waals surface area contributed by atoms with Gasteiger partial charge in [-0.3, -0.25) is 4.79 Å². The number of amides is 1. The number of ether oxygens (including phenoxy) is 1. The van der Waals surface area contributed by atoms with E-state index in [1.54, 1.807) is 12.1 Å². The summed E-state index contributed by atoms with van der Waals surface area (Å²) in [6, 6.07) is 8.95. The van der Waals surface area contributed by atoms with Crippen LogP contribution < -0.4 is 10.1 Å². The van der Waals surface area contributed by atoms with Crippen molar-refractivity contribution < 1.29 is 35.9 Å². The predicted octanol–water partition coefficient (Wildman–Crippen LogP) is 4.69. The molecule has 5 nitrogen and oxygen atoms in total. The second-order valence-corrected chi connectivity index (χ2v) is 6.58. The van der Waals surface area contributed by atoms with Crippen molar-refractivity contribution in [3.05, 3.63) is 64.7 Å². The van der Waals surface area contributed by atoms with Crippen LogP contribution in [0.25, 0.3) is 0 Å². The Hall–Kier alpha value is -3.73. The fourth-order valence-electron chi connectivity index (χ4n) is 2.40. The van der Waals surface area contributed by atoms with Crippen molar-refractivity contribution >= 4 is 5.91 Å². The lowest BCUT2D eigenvalue weighted by Gasteiger charge is -2.24. The summed E-state index contributed by atoms with van der Waals surface area (Å²) in [4.78, 5) is 12.3. The molecule has 2 aromatic carbocycles. The quantitative estimate of drug-likeness (QED) is 0.683. The van der Waals surface area contributed by atoms with E-state index < -0.39 is 47.3 Å². The molecule has 1 atom stereocenters. The molecule has 0 aliphatic heterocycles. The number of rotatable bonds is 5. The lowest BCUT2D eigenvalue weighted by atomic mass is 10.0. The number of nitrogens with zero attached hydrogens (tertiary/aromatic N) is 2. The second kappa shape index (κ2) is 8.56. The minimum absolute atomic E-state index is 0.115. The molecule has 0 fully saturated rings. The van der Waals surface area contributed by atoms with Gasteiger partial charge in [0.1, 0.15) is 12.4 Å². The molecule has 0 aromatic heterocycles. The number of halogens is 6. The van der Waals surface area contributed by atoms with Gasteiger partial charge in [0.05, 0.1) is 28.8 Å². The summed E-state index contributed by atoms with van der Waals surface area (Å²) in [7, 11) is 0. The fourth-order valence-corrected chi connectivity index (χ4v) is 2.40. The zero-order valence-corrected chi connectivity index (χ0v) is 15.7. The van der Waals surface area contributed by atoms with Crippen molar-refractivity contribution in [3.63, 3.8) is 0 Å². The number of carbonyl (C=O) groups is 1. The molecule has 0 heterocycles. The lowest BCUT2D eigenvalue weighted by molar-refractivity contribution is -0.139. The maximum atomic E-state index is 13.2. The van der Waals surface area contributed by atoms with E-state index in [-0.39, 0.29) is 11.1 Å². The van der Waals surface area contributed by atoms with Crippen molar-refractivity contribution in [2.45, 2.75) is 24.8 Å². The van der Waals surface area contributed by atoms with Gasteiger partial charge in [-0.1, -0.05) is 0 Å². The summed E-state index contributed by atoms with van der Waals surface area (Å²) >= 11 is 0. The van der Waals surface area contributed by atoms with Gasteiger partial charge in [-0.15, -0.1) is 0 Å². The molecule has 2 aromatic rings. The zero-order chi connectivity index (χ0) is 23.4. The average Bonchev–Trinajstić information content (AvgIpc) is 2.70. The first kappa shape index (κ1) is 23.5. The molecular weight excluding hydrogens is 428 g/mol. The third-order valence-electron chi connectivity index (χ3n) is 4.04. The highest BCUT2D eigenvalue weighted by Crippen LogP contribution is 2.37. The van der Waals surface area contributed by atoms with Crippen LogP contribution in [0.4, 0.5) is 26.3 Å². The average molecular weight is 441 g/mol. The van der Waals surface area contributed by atoms with E-state index in [9.17, 15) is 36.4 Å². The molecule has 0 spiro atoms. The molecule has 0 saturated carbocycles. The first-order valence-electron chi connectivity index (χ1n) is 8.44. The monoisotopic (exact) mass is 441 g/mol. The van der Waals surface area contributed by atoms with Crippen LogP contribution in [-0.2, 0) is 12.4 Å². The maximum Gasteiger partial charge on any atom is 0.419 e. The Bertz CT molecular complexity index is 1050. The van der Waals surface area contributed by atoms with E-state index in [1.807, 2.05) is 0 Å². The Balaban J connectivity index is 2.20. The van der Waals surface area contributed by atoms with Crippen LogP contribution in [0.15, 0.2) is 42.5 Å². The molecule has 2 rings (SSSR count). The van der Waals surface area contributed by atoms with Crippen LogP contribution in [0.1, 0.15) is 34.0 Å². The number of nitrogens with one attached hydrogen (secondary N) is 1. The predicted molar refractivity (Wildman–Crippen MR) is 94.6 cm³/mol. The van der Waals surface area contributed by atoms with Crippen LogP contribution in [-0.4, -0.2) is 18.1 Å². The highest BCUT2D eigenvalue weighted by Gasteiger charge is 2.36. The third-order valence-corrected chi connectivity index (χ3v) is 4.04. The first-order chi connectivity index (χ1) is 14.3. The number of alkyl halides is 6. The summed E-state index contributed by atoms with van der Waals surface area (Å²) in [6.07, 6.45) is -9.39. The number of nitriles is 2.